The van der Waals surface area contributed by atoms with E-state index in [2.05, 4.69) is 47.9 Å². The van der Waals surface area contributed by atoms with Gasteiger partial charge in [-0.1, -0.05) is 43.2 Å². The molecule has 1 saturated carbocycles. The van der Waals surface area contributed by atoms with Gasteiger partial charge in [0.1, 0.15) is 0 Å². The van der Waals surface area contributed by atoms with Gasteiger partial charge in [0.2, 0.25) is 0 Å². The molecule has 116 valence electrons. The lowest BCUT2D eigenvalue weighted by atomic mass is 9.79. The molecule has 0 spiro atoms. The van der Waals surface area contributed by atoms with Crippen molar-refractivity contribution in [2.45, 2.75) is 70.0 Å². The summed E-state index contributed by atoms with van der Waals surface area (Å²) in [6.45, 7) is 3.58. The minimum atomic E-state index is 0.569. The highest BCUT2D eigenvalue weighted by molar-refractivity contribution is 5.15. The van der Waals surface area contributed by atoms with Crippen molar-refractivity contribution in [3.8, 4) is 0 Å². The van der Waals surface area contributed by atoms with Gasteiger partial charge in [0, 0.05) is 18.1 Å². The second kappa shape index (κ2) is 7.42. The fourth-order valence-electron chi connectivity index (χ4n) is 4.32. The predicted molar refractivity (Wildman–Crippen MR) is 89.5 cm³/mol. The third-order valence-electron chi connectivity index (χ3n) is 5.32. The summed E-state index contributed by atoms with van der Waals surface area (Å²) in [5.74, 6) is 0.847. The van der Waals surface area contributed by atoms with Crippen molar-refractivity contribution < 1.29 is 0 Å². The molecule has 1 aromatic carbocycles. The first-order chi connectivity index (χ1) is 10.3. The Balaban J connectivity index is 1.56. The van der Waals surface area contributed by atoms with Gasteiger partial charge >= 0.3 is 0 Å². The highest BCUT2D eigenvalue weighted by Crippen LogP contribution is 2.31. The fourth-order valence-corrected chi connectivity index (χ4v) is 4.32. The molecule has 0 bridgehead atoms. The van der Waals surface area contributed by atoms with E-state index in [-0.39, 0.29) is 0 Å². The summed E-state index contributed by atoms with van der Waals surface area (Å²) in [7, 11) is 0. The number of rotatable bonds is 5. The van der Waals surface area contributed by atoms with E-state index in [1.54, 1.807) is 0 Å². The zero-order valence-electron chi connectivity index (χ0n) is 13.4. The molecule has 1 aliphatic heterocycles. The van der Waals surface area contributed by atoms with Gasteiger partial charge in [0.25, 0.3) is 0 Å². The van der Waals surface area contributed by atoms with Crippen LogP contribution in [0.25, 0.3) is 0 Å². The number of hydrogen-bond acceptors (Lipinski definition) is 2. The van der Waals surface area contributed by atoms with Crippen molar-refractivity contribution in [1.29, 1.82) is 0 Å². The van der Waals surface area contributed by atoms with E-state index in [4.69, 9.17) is 0 Å². The second-order valence-electron chi connectivity index (χ2n) is 7.02. The van der Waals surface area contributed by atoms with Crippen LogP contribution in [0.3, 0.4) is 0 Å². The number of nitrogens with one attached hydrogen (secondary N) is 2. The zero-order chi connectivity index (χ0) is 14.5. The van der Waals surface area contributed by atoms with E-state index in [0.29, 0.717) is 12.1 Å². The molecule has 1 heterocycles. The Hall–Kier alpha value is -0.860. The van der Waals surface area contributed by atoms with E-state index in [1.807, 2.05) is 0 Å². The second-order valence-corrected chi connectivity index (χ2v) is 7.02. The maximum Gasteiger partial charge on any atom is 0.0113 e. The standard InChI is InChI=1S/C19H30N2/c1-15(14-16-8-3-2-4-9-16)21-19-11-6-5-10-17(19)18-12-7-13-20-18/h2-4,8-9,15,17-21H,5-7,10-14H2,1H3. The van der Waals surface area contributed by atoms with E-state index in [9.17, 15) is 0 Å². The van der Waals surface area contributed by atoms with Gasteiger partial charge in [-0.3, -0.25) is 0 Å². The Bertz CT molecular complexity index is 411. The molecule has 3 rings (SSSR count). The third-order valence-corrected chi connectivity index (χ3v) is 5.32. The number of hydrogen-bond donors (Lipinski definition) is 2. The average Bonchev–Trinajstić information content (AvgIpc) is 3.03. The van der Waals surface area contributed by atoms with Crippen LogP contribution in [0.1, 0.15) is 51.0 Å². The van der Waals surface area contributed by atoms with Crippen LogP contribution in [0.4, 0.5) is 0 Å². The Morgan fingerprint density at radius 1 is 1.10 bits per heavy atom. The van der Waals surface area contributed by atoms with Crippen molar-refractivity contribution in [3.05, 3.63) is 35.9 Å². The maximum atomic E-state index is 3.95. The largest absolute Gasteiger partial charge is 0.314 e. The Kier molecular flexibility index (Phi) is 5.32. The van der Waals surface area contributed by atoms with Crippen LogP contribution in [0.2, 0.25) is 0 Å². The van der Waals surface area contributed by atoms with E-state index in [0.717, 1.165) is 18.4 Å². The summed E-state index contributed by atoms with van der Waals surface area (Å²) in [6.07, 6.45) is 9.49. The van der Waals surface area contributed by atoms with Crippen molar-refractivity contribution >= 4 is 0 Å². The van der Waals surface area contributed by atoms with E-state index >= 15 is 0 Å². The first-order valence-corrected chi connectivity index (χ1v) is 8.86. The van der Waals surface area contributed by atoms with Gasteiger partial charge < -0.3 is 10.6 Å². The van der Waals surface area contributed by atoms with Crippen LogP contribution in [0.5, 0.6) is 0 Å². The molecule has 2 heteroatoms. The summed E-state index contributed by atoms with van der Waals surface area (Å²) >= 11 is 0. The molecule has 2 aliphatic rings. The van der Waals surface area contributed by atoms with Gasteiger partial charge in [0.05, 0.1) is 0 Å². The molecule has 0 aromatic heterocycles. The zero-order valence-corrected chi connectivity index (χ0v) is 13.4. The molecular formula is C19H30N2. The van der Waals surface area contributed by atoms with E-state index in [1.165, 1.54) is 50.6 Å². The monoisotopic (exact) mass is 286 g/mol. The van der Waals surface area contributed by atoms with Crippen LogP contribution < -0.4 is 10.6 Å². The van der Waals surface area contributed by atoms with E-state index < -0.39 is 0 Å². The molecule has 21 heavy (non-hydrogen) atoms. The van der Waals surface area contributed by atoms with Crippen LogP contribution in [0.15, 0.2) is 30.3 Å². The lowest BCUT2D eigenvalue weighted by Gasteiger charge is -2.38. The summed E-state index contributed by atoms with van der Waals surface area (Å²) < 4.78 is 0. The minimum absolute atomic E-state index is 0.569. The van der Waals surface area contributed by atoms with Gasteiger partial charge in [0.15, 0.2) is 0 Å². The molecule has 1 saturated heterocycles. The third kappa shape index (κ3) is 4.08. The molecule has 2 N–H and O–H groups in total. The number of benzene rings is 1. The smallest absolute Gasteiger partial charge is 0.0113 e. The normalized spacial score (nSPS) is 31.2. The molecule has 0 radical (unpaired) electrons. The Labute approximate surface area is 129 Å². The minimum Gasteiger partial charge on any atom is -0.314 e. The average molecular weight is 286 g/mol. The molecule has 1 aliphatic carbocycles. The van der Waals surface area contributed by atoms with Crippen molar-refractivity contribution in [2.24, 2.45) is 5.92 Å². The first-order valence-electron chi connectivity index (χ1n) is 8.86. The topological polar surface area (TPSA) is 24.1 Å². The lowest BCUT2D eigenvalue weighted by molar-refractivity contribution is 0.203. The highest BCUT2D eigenvalue weighted by atomic mass is 15.0. The van der Waals surface area contributed by atoms with Crippen molar-refractivity contribution in [1.82, 2.24) is 10.6 Å². The summed E-state index contributed by atoms with van der Waals surface area (Å²) in [4.78, 5) is 0. The molecule has 2 nitrogen and oxygen atoms in total. The predicted octanol–water partition coefficient (Wildman–Crippen LogP) is 3.52. The molecule has 4 atom stereocenters. The Morgan fingerprint density at radius 2 is 1.90 bits per heavy atom. The van der Waals surface area contributed by atoms with Crippen molar-refractivity contribution in [2.75, 3.05) is 6.54 Å². The van der Waals surface area contributed by atoms with Gasteiger partial charge in [-0.15, -0.1) is 0 Å². The molecule has 0 amide bonds. The first kappa shape index (κ1) is 15.1. The van der Waals surface area contributed by atoms with Gasteiger partial charge in [-0.05, 0) is 57.1 Å². The van der Waals surface area contributed by atoms with Crippen LogP contribution in [-0.2, 0) is 6.42 Å². The highest BCUT2D eigenvalue weighted by Gasteiger charge is 2.33. The summed E-state index contributed by atoms with van der Waals surface area (Å²) in [6, 6.07) is 12.9. The lowest BCUT2D eigenvalue weighted by Crippen LogP contribution is -2.50. The molecule has 4 unspecified atom stereocenters. The van der Waals surface area contributed by atoms with Crippen molar-refractivity contribution in [3.63, 3.8) is 0 Å². The molecular weight excluding hydrogens is 256 g/mol. The summed E-state index contributed by atoms with van der Waals surface area (Å²) in [5.41, 5.74) is 1.45. The Morgan fingerprint density at radius 3 is 2.67 bits per heavy atom. The SMILES string of the molecule is CC(Cc1ccccc1)NC1CCCCC1C1CCCN1. The molecule has 1 aromatic rings. The maximum absolute atomic E-state index is 3.95. The van der Waals surface area contributed by atoms with Crippen LogP contribution >= 0.6 is 0 Å². The fraction of sp³-hybridized carbons (Fsp3) is 0.684. The van der Waals surface area contributed by atoms with Gasteiger partial charge in [-0.25, -0.2) is 0 Å². The van der Waals surface area contributed by atoms with Crippen LogP contribution in [-0.4, -0.2) is 24.7 Å². The van der Waals surface area contributed by atoms with Crippen LogP contribution in [0, 0.1) is 5.92 Å². The van der Waals surface area contributed by atoms with Gasteiger partial charge in [-0.2, -0.15) is 0 Å². The summed E-state index contributed by atoms with van der Waals surface area (Å²) in [5, 5.41) is 7.69. The molecule has 2 fully saturated rings. The quantitative estimate of drug-likeness (QED) is 0.865.